The molecule has 2 aromatic carbocycles. The van der Waals surface area contributed by atoms with Crippen LogP contribution in [0.5, 0.6) is 0 Å². The number of H-pyrrole nitrogens is 1. The van der Waals surface area contributed by atoms with Crippen LogP contribution in [0.25, 0.3) is 5.69 Å². The van der Waals surface area contributed by atoms with Gasteiger partial charge in [-0.05, 0) is 36.8 Å². The number of aromatic amines is 1. The Morgan fingerprint density at radius 3 is 2.45 bits per heavy atom. The molecule has 7 nitrogen and oxygen atoms in total. The second kappa shape index (κ2) is 7.55. The van der Waals surface area contributed by atoms with Gasteiger partial charge in [-0.1, -0.05) is 17.7 Å². The minimum absolute atomic E-state index is 0.00434. The SMILES string of the molecule is Cc1c(Cl)cccc1N=Cc1c(C(F)(F)F)[nH]n(-c2ccc([N+](=O)[O-])cc2)c1=O. The molecule has 0 atom stereocenters. The maximum absolute atomic E-state index is 13.4. The molecule has 0 aliphatic rings. The highest BCUT2D eigenvalue weighted by molar-refractivity contribution is 6.31. The third-order valence-corrected chi connectivity index (χ3v) is 4.51. The molecule has 0 saturated carbocycles. The van der Waals surface area contributed by atoms with E-state index < -0.39 is 27.9 Å². The predicted octanol–water partition coefficient (Wildman–Crippen LogP) is 4.81. The van der Waals surface area contributed by atoms with Gasteiger partial charge in [0.25, 0.3) is 11.2 Å². The summed E-state index contributed by atoms with van der Waals surface area (Å²) in [6.45, 7) is 1.64. The molecule has 1 heterocycles. The first-order chi connectivity index (χ1) is 13.6. The van der Waals surface area contributed by atoms with Crippen molar-refractivity contribution >= 4 is 29.2 Å². The average molecular weight is 425 g/mol. The number of halogens is 4. The number of nitro groups is 1. The molecule has 0 aliphatic heterocycles. The van der Waals surface area contributed by atoms with E-state index in [0.29, 0.717) is 21.0 Å². The minimum atomic E-state index is -4.85. The molecule has 0 spiro atoms. The van der Waals surface area contributed by atoms with Crippen molar-refractivity contribution in [3.05, 3.63) is 84.8 Å². The summed E-state index contributed by atoms with van der Waals surface area (Å²) >= 11 is 5.98. The molecular formula is C18H12ClF3N4O3. The van der Waals surface area contributed by atoms with E-state index in [9.17, 15) is 28.1 Å². The first-order valence-electron chi connectivity index (χ1n) is 8.06. The molecule has 3 rings (SSSR count). The molecular weight excluding hydrogens is 413 g/mol. The summed E-state index contributed by atoms with van der Waals surface area (Å²) in [6, 6.07) is 9.23. The molecule has 0 amide bonds. The van der Waals surface area contributed by atoms with Crippen molar-refractivity contribution < 1.29 is 18.1 Å². The van der Waals surface area contributed by atoms with Crippen LogP contribution < -0.4 is 5.56 Å². The summed E-state index contributed by atoms with van der Waals surface area (Å²) in [5.41, 5.74) is -2.39. The Kier molecular flexibility index (Phi) is 5.29. The third-order valence-electron chi connectivity index (χ3n) is 4.10. The number of aromatic nitrogens is 2. The van der Waals surface area contributed by atoms with Crippen molar-refractivity contribution in [3.63, 3.8) is 0 Å². The molecule has 0 radical (unpaired) electrons. The van der Waals surface area contributed by atoms with Gasteiger partial charge in [0.05, 0.1) is 21.9 Å². The van der Waals surface area contributed by atoms with Crippen LogP contribution >= 0.6 is 11.6 Å². The fourth-order valence-electron chi connectivity index (χ4n) is 2.56. The summed E-state index contributed by atoms with van der Waals surface area (Å²) in [5.74, 6) is 0. The third kappa shape index (κ3) is 4.06. The Hall–Kier alpha value is -3.40. The lowest BCUT2D eigenvalue weighted by atomic mass is 10.2. The van der Waals surface area contributed by atoms with Gasteiger partial charge in [0.1, 0.15) is 0 Å². The van der Waals surface area contributed by atoms with Gasteiger partial charge in [-0.3, -0.25) is 25.0 Å². The molecule has 3 aromatic rings. The van der Waals surface area contributed by atoms with E-state index in [1.54, 1.807) is 25.1 Å². The van der Waals surface area contributed by atoms with E-state index in [1.807, 2.05) is 5.10 Å². The Morgan fingerprint density at radius 2 is 1.86 bits per heavy atom. The van der Waals surface area contributed by atoms with Crippen molar-refractivity contribution in [2.24, 2.45) is 4.99 Å². The van der Waals surface area contributed by atoms with E-state index in [2.05, 4.69) is 4.99 Å². The lowest BCUT2D eigenvalue weighted by Crippen LogP contribution is -2.17. The standard InChI is InChI=1S/C18H12ClF3N4O3/c1-10-14(19)3-2-4-15(10)23-9-13-16(18(20,21)22)24-25(17(13)27)11-5-7-12(8-6-11)26(28)29/h2-9,24H,1H3. The summed E-state index contributed by atoms with van der Waals surface area (Å²) in [7, 11) is 0. The molecule has 0 bridgehead atoms. The number of rotatable bonds is 4. The number of alkyl halides is 3. The summed E-state index contributed by atoms with van der Waals surface area (Å²) in [5, 5.41) is 13.1. The number of hydrogen-bond acceptors (Lipinski definition) is 4. The van der Waals surface area contributed by atoms with Gasteiger partial charge in [0.2, 0.25) is 0 Å². The van der Waals surface area contributed by atoms with Crippen molar-refractivity contribution in [2.45, 2.75) is 13.1 Å². The number of benzene rings is 2. The van der Waals surface area contributed by atoms with Crippen molar-refractivity contribution in [1.82, 2.24) is 9.78 Å². The van der Waals surface area contributed by atoms with Crippen LogP contribution in [-0.4, -0.2) is 20.9 Å². The number of nitrogens with zero attached hydrogens (tertiary/aromatic N) is 3. The summed E-state index contributed by atoms with van der Waals surface area (Å²) in [4.78, 5) is 26.7. The fourth-order valence-corrected chi connectivity index (χ4v) is 2.73. The van der Waals surface area contributed by atoms with Crippen LogP contribution in [0.3, 0.4) is 0 Å². The second-order valence-corrected chi connectivity index (χ2v) is 6.36. The molecule has 0 aliphatic carbocycles. The van der Waals surface area contributed by atoms with E-state index in [1.165, 1.54) is 0 Å². The quantitative estimate of drug-likeness (QED) is 0.370. The normalized spacial score (nSPS) is 11.9. The van der Waals surface area contributed by atoms with Crippen LogP contribution in [0, 0.1) is 17.0 Å². The zero-order valence-corrected chi connectivity index (χ0v) is 15.5. The molecule has 29 heavy (non-hydrogen) atoms. The van der Waals surface area contributed by atoms with Crippen molar-refractivity contribution in [2.75, 3.05) is 0 Å². The first kappa shape index (κ1) is 20.3. The number of hydrogen-bond donors (Lipinski definition) is 1. The fraction of sp³-hybridized carbons (Fsp3) is 0.111. The van der Waals surface area contributed by atoms with E-state index in [4.69, 9.17) is 11.6 Å². The van der Waals surface area contributed by atoms with Gasteiger partial charge < -0.3 is 0 Å². The summed E-state index contributed by atoms with van der Waals surface area (Å²) < 4.78 is 41.0. The Morgan fingerprint density at radius 1 is 1.21 bits per heavy atom. The number of aliphatic imine (C=N–C) groups is 1. The average Bonchev–Trinajstić information content (AvgIpc) is 3.00. The Bertz CT molecular complexity index is 1160. The van der Waals surface area contributed by atoms with Crippen molar-refractivity contribution in [1.29, 1.82) is 0 Å². The van der Waals surface area contributed by atoms with Crippen LogP contribution in [0.2, 0.25) is 5.02 Å². The van der Waals surface area contributed by atoms with Crippen LogP contribution in [0.1, 0.15) is 16.8 Å². The highest BCUT2D eigenvalue weighted by Gasteiger charge is 2.37. The Labute approximate surface area is 166 Å². The monoisotopic (exact) mass is 424 g/mol. The topological polar surface area (TPSA) is 93.3 Å². The largest absolute Gasteiger partial charge is 0.433 e. The molecule has 1 N–H and O–H groups in total. The zero-order chi connectivity index (χ0) is 21.3. The van der Waals surface area contributed by atoms with E-state index in [0.717, 1.165) is 30.5 Å². The molecule has 0 fully saturated rings. The van der Waals surface area contributed by atoms with Crippen LogP contribution in [-0.2, 0) is 6.18 Å². The van der Waals surface area contributed by atoms with Crippen LogP contribution in [0.15, 0.2) is 52.3 Å². The zero-order valence-electron chi connectivity index (χ0n) is 14.7. The predicted molar refractivity (Wildman–Crippen MR) is 101 cm³/mol. The first-order valence-corrected chi connectivity index (χ1v) is 8.43. The van der Waals surface area contributed by atoms with E-state index >= 15 is 0 Å². The van der Waals surface area contributed by atoms with Crippen LogP contribution in [0.4, 0.5) is 24.5 Å². The van der Waals surface area contributed by atoms with Gasteiger partial charge in [0.15, 0.2) is 5.69 Å². The summed E-state index contributed by atoms with van der Waals surface area (Å²) in [6.07, 6.45) is -4.03. The van der Waals surface area contributed by atoms with Gasteiger partial charge in [-0.2, -0.15) is 13.2 Å². The molecule has 1 aromatic heterocycles. The number of nitrogens with one attached hydrogen (secondary N) is 1. The molecule has 0 unspecified atom stereocenters. The van der Waals surface area contributed by atoms with Gasteiger partial charge in [-0.15, -0.1) is 0 Å². The maximum Gasteiger partial charge on any atom is 0.433 e. The molecule has 0 saturated heterocycles. The van der Waals surface area contributed by atoms with Crippen molar-refractivity contribution in [3.8, 4) is 5.69 Å². The number of nitro benzene ring substituents is 1. The highest BCUT2D eigenvalue weighted by atomic mass is 35.5. The van der Waals surface area contributed by atoms with E-state index in [-0.39, 0.29) is 11.4 Å². The number of non-ortho nitro benzene ring substituents is 1. The second-order valence-electron chi connectivity index (χ2n) is 5.95. The maximum atomic E-state index is 13.4. The highest BCUT2D eigenvalue weighted by Crippen LogP contribution is 2.30. The Balaban J connectivity index is 2.12. The van der Waals surface area contributed by atoms with Gasteiger partial charge >= 0.3 is 6.18 Å². The van der Waals surface area contributed by atoms with Gasteiger partial charge in [-0.25, -0.2) is 4.68 Å². The molecule has 11 heteroatoms. The smallest absolute Gasteiger partial charge is 0.286 e. The lowest BCUT2D eigenvalue weighted by Gasteiger charge is -2.05. The van der Waals surface area contributed by atoms with Gasteiger partial charge in [0, 0.05) is 23.4 Å². The minimum Gasteiger partial charge on any atom is -0.286 e. The lowest BCUT2D eigenvalue weighted by molar-refractivity contribution is -0.384. The molecule has 150 valence electrons.